The van der Waals surface area contributed by atoms with E-state index < -0.39 is 11.9 Å². The summed E-state index contributed by atoms with van der Waals surface area (Å²) in [4.78, 5) is 40.6. The number of nitrogens with zero attached hydrogens (tertiary/aromatic N) is 4. The Hall–Kier alpha value is -3.17. The molecule has 0 aliphatic heterocycles. The summed E-state index contributed by atoms with van der Waals surface area (Å²) < 4.78 is 9.93. The third-order valence-corrected chi connectivity index (χ3v) is 3.45. The Kier molecular flexibility index (Phi) is 5.20. The summed E-state index contributed by atoms with van der Waals surface area (Å²) in [6.45, 7) is 3.13. The molecule has 0 aliphatic carbocycles. The predicted octanol–water partition coefficient (Wildman–Crippen LogP) is 0.608. The van der Waals surface area contributed by atoms with Crippen molar-refractivity contribution >= 4 is 23.8 Å². The topological polar surface area (TPSA) is 136 Å². The van der Waals surface area contributed by atoms with Gasteiger partial charge in [-0.1, -0.05) is 0 Å². The van der Waals surface area contributed by atoms with Crippen molar-refractivity contribution in [2.75, 3.05) is 31.8 Å². The van der Waals surface area contributed by atoms with E-state index in [1.807, 2.05) is 0 Å². The molecule has 0 spiro atoms. The molecule has 0 fully saturated rings. The SMILES string of the molecule is COC(=O)c1c(C)[nH]c(C(=O)OCc2nc(N)nc(N(C)C)n2)c1C. The van der Waals surface area contributed by atoms with E-state index in [1.54, 1.807) is 32.8 Å². The van der Waals surface area contributed by atoms with Crippen LogP contribution in [-0.2, 0) is 16.1 Å². The molecule has 0 unspecified atom stereocenters. The fourth-order valence-electron chi connectivity index (χ4n) is 2.25. The highest BCUT2D eigenvalue weighted by Gasteiger charge is 2.23. The average molecular weight is 348 g/mol. The van der Waals surface area contributed by atoms with Crippen molar-refractivity contribution < 1.29 is 19.1 Å². The van der Waals surface area contributed by atoms with Gasteiger partial charge in [-0.2, -0.15) is 15.0 Å². The van der Waals surface area contributed by atoms with Crippen molar-refractivity contribution in [3.63, 3.8) is 0 Å². The molecule has 0 saturated carbocycles. The summed E-state index contributed by atoms with van der Waals surface area (Å²) in [6.07, 6.45) is 0. The maximum atomic E-state index is 12.3. The van der Waals surface area contributed by atoms with Gasteiger partial charge in [-0.15, -0.1) is 0 Å². The minimum atomic E-state index is -0.638. The molecule has 10 heteroatoms. The molecule has 2 aromatic rings. The molecule has 0 saturated heterocycles. The van der Waals surface area contributed by atoms with Crippen molar-refractivity contribution in [3.8, 4) is 0 Å². The summed E-state index contributed by atoms with van der Waals surface area (Å²) >= 11 is 0. The first kappa shape index (κ1) is 18.2. The summed E-state index contributed by atoms with van der Waals surface area (Å²) in [5.74, 6) is -0.547. The normalized spacial score (nSPS) is 10.4. The van der Waals surface area contributed by atoms with E-state index >= 15 is 0 Å². The average Bonchev–Trinajstić information content (AvgIpc) is 2.86. The Morgan fingerprint density at radius 2 is 1.84 bits per heavy atom. The molecule has 0 bridgehead atoms. The van der Waals surface area contributed by atoms with Gasteiger partial charge in [0.1, 0.15) is 5.69 Å². The first-order valence-electron chi connectivity index (χ1n) is 7.37. The third-order valence-electron chi connectivity index (χ3n) is 3.45. The lowest BCUT2D eigenvalue weighted by Crippen LogP contribution is -2.17. The number of aromatic amines is 1. The second-order valence-corrected chi connectivity index (χ2v) is 5.50. The number of carbonyl (C=O) groups excluding carboxylic acids is 2. The molecule has 25 heavy (non-hydrogen) atoms. The molecule has 134 valence electrons. The van der Waals surface area contributed by atoms with E-state index in [2.05, 4.69) is 19.9 Å². The molecule has 3 N–H and O–H groups in total. The van der Waals surface area contributed by atoms with Crippen LogP contribution < -0.4 is 10.6 Å². The lowest BCUT2D eigenvalue weighted by atomic mass is 10.1. The molecule has 0 aliphatic rings. The van der Waals surface area contributed by atoms with Gasteiger partial charge >= 0.3 is 11.9 Å². The number of aryl methyl sites for hydroxylation is 1. The molecule has 2 aromatic heterocycles. The second kappa shape index (κ2) is 7.16. The molecule has 2 rings (SSSR count). The summed E-state index contributed by atoms with van der Waals surface area (Å²) in [5, 5.41) is 0. The van der Waals surface area contributed by atoms with Crippen LogP contribution in [0, 0.1) is 13.8 Å². The summed E-state index contributed by atoms with van der Waals surface area (Å²) in [5.41, 5.74) is 7.09. The Morgan fingerprint density at radius 3 is 2.44 bits per heavy atom. The molecule has 2 heterocycles. The van der Waals surface area contributed by atoms with Crippen molar-refractivity contribution in [1.29, 1.82) is 0 Å². The number of nitrogens with one attached hydrogen (secondary N) is 1. The van der Waals surface area contributed by atoms with Gasteiger partial charge < -0.3 is 25.1 Å². The zero-order valence-corrected chi connectivity index (χ0v) is 14.7. The number of esters is 2. The number of ether oxygens (including phenoxy) is 2. The van der Waals surface area contributed by atoms with Crippen LogP contribution in [-0.4, -0.2) is 53.1 Å². The number of anilines is 2. The Morgan fingerprint density at radius 1 is 1.16 bits per heavy atom. The van der Waals surface area contributed by atoms with Crippen LogP contribution in [0.4, 0.5) is 11.9 Å². The van der Waals surface area contributed by atoms with E-state index in [4.69, 9.17) is 15.2 Å². The molecular weight excluding hydrogens is 328 g/mol. The molecular formula is C15H20N6O4. The molecule has 0 amide bonds. The largest absolute Gasteiger partial charge is 0.465 e. The number of aromatic nitrogens is 4. The smallest absolute Gasteiger partial charge is 0.355 e. The molecule has 10 nitrogen and oxygen atoms in total. The molecule has 0 radical (unpaired) electrons. The lowest BCUT2D eigenvalue weighted by Gasteiger charge is -2.11. The molecule has 0 atom stereocenters. The number of carbonyl (C=O) groups is 2. The van der Waals surface area contributed by atoms with Gasteiger partial charge in [-0.25, -0.2) is 9.59 Å². The number of nitrogens with two attached hydrogens (primary N) is 1. The van der Waals surface area contributed by atoms with Crippen LogP contribution in [0.5, 0.6) is 0 Å². The number of hydrogen-bond acceptors (Lipinski definition) is 9. The van der Waals surface area contributed by atoms with Gasteiger partial charge in [-0.3, -0.25) is 0 Å². The van der Waals surface area contributed by atoms with Crippen molar-refractivity contribution in [1.82, 2.24) is 19.9 Å². The molecule has 0 aromatic carbocycles. The monoisotopic (exact) mass is 348 g/mol. The number of rotatable bonds is 5. The second-order valence-electron chi connectivity index (χ2n) is 5.50. The maximum Gasteiger partial charge on any atom is 0.355 e. The van der Waals surface area contributed by atoms with E-state index in [9.17, 15) is 9.59 Å². The van der Waals surface area contributed by atoms with Crippen LogP contribution >= 0.6 is 0 Å². The maximum absolute atomic E-state index is 12.3. The fourth-order valence-corrected chi connectivity index (χ4v) is 2.25. The van der Waals surface area contributed by atoms with Crippen molar-refractivity contribution in [2.24, 2.45) is 0 Å². The van der Waals surface area contributed by atoms with Gasteiger partial charge in [0.2, 0.25) is 11.9 Å². The quantitative estimate of drug-likeness (QED) is 0.744. The van der Waals surface area contributed by atoms with E-state index in [0.29, 0.717) is 22.8 Å². The first-order chi connectivity index (χ1) is 11.7. The van der Waals surface area contributed by atoms with Crippen LogP contribution in [0.1, 0.15) is 37.9 Å². The summed E-state index contributed by atoms with van der Waals surface area (Å²) in [6, 6.07) is 0. The Labute approximate surface area is 144 Å². The van der Waals surface area contributed by atoms with Crippen LogP contribution in [0.15, 0.2) is 0 Å². The van der Waals surface area contributed by atoms with Crippen LogP contribution in [0.2, 0.25) is 0 Å². The Bertz CT molecular complexity index is 815. The zero-order valence-electron chi connectivity index (χ0n) is 14.7. The number of hydrogen-bond donors (Lipinski definition) is 2. The highest BCUT2D eigenvalue weighted by Crippen LogP contribution is 2.20. The van der Waals surface area contributed by atoms with Gasteiger partial charge in [-0.05, 0) is 19.4 Å². The van der Waals surface area contributed by atoms with Gasteiger partial charge in [0.15, 0.2) is 12.4 Å². The first-order valence-corrected chi connectivity index (χ1v) is 7.37. The zero-order chi connectivity index (χ0) is 18.7. The van der Waals surface area contributed by atoms with Gasteiger partial charge in [0.05, 0.1) is 12.7 Å². The number of nitrogen functional groups attached to an aromatic ring is 1. The van der Waals surface area contributed by atoms with Gasteiger partial charge in [0, 0.05) is 19.8 Å². The van der Waals surface area contributed by atoms with E-state index in [1.165, 1.54) is 7.11 Å². The van der Waals surface area contributed by atoms with Crippen molar-refractivity contribution in [3.05, 3.63) is 28.3 Å². The third kappa shape index (κ3) is 3.84. The minimum absolute atomic E-state index is 0.0321. The van der Waals surface area contributed by atoms with Crippen LogP contribution in [0.25, 0.3) is 0 Å². The van der Waals surface area contributed by atoms with Crippen LogP contribution in [0.3, 0.4) is 0 Å². The lowest BCUT2D eigenvalue weighted by molar-refractivity contribution is 0.0455. The highest BCUT2D eigenvalue weighted by molar-refractivity contribution is 5.98. The highest BCUT2D eigenvalue weighted by atomic mass is 16.5. The Balaban J connectivity index is 2.18. The minimum Gasteiger partial charge on any atom is -0.465 e. The fraction of sp³-hybridized carbons (Fsp3) is 0.400. The predicted molar refractivity (Wildman–Crippen MR) is 89.3 cm³/mol. The standard InChI is InChI=1S/C15H20N6O4/c1-7-10(12(22)24-5)8(2)17-11(7)13(23)25-6-9-18-14(16)20-15(19-9)21(3)4/h17H,6H2,1-5H3,(H2,16,18,19,20). The van der Waals surface area contributed by atoms with Crippen molar-refractivity contribution in [2.45, 2.75) is 20.5 Å². The van der Waals surface area contributed by atoms with E-state index in [-0.39, 0.29) is 24.1 Å². The van der Waals surface area contributed by atoms with E-state index in [0.717, 1.165) is 0 Å². The summed E-state index contributed by atoms with van der Waals surface area (Å²) in [7, 11) is 4.79. The number of H-pyrrole nitrogens is 1. The van der Waals surface area contributed by atoms with Gasteiger partial charge in [0.25, 0.3) is 0 Å². The number of methoxy groups -OCH3 is 1.